The minimum absolute atomic E-state index is 0.0105. The summed E-state index contributed by atoms with van der Waals surface area (Å²) in [4.78, 5) is 13.4. The third-order valence-electron chi connectivity index (χ3n) is 2.95. The summed E-state index contributed by atoms with van der Waals surface area (Å²) < 4.78 is 26.7. The molecule has 100 valence electrons. The van der Waals surface area contributed by atoms with E-state index in [0.717, 1.165) is 6.07 Å². The molecular weight excluding hydrogens is 250 g/mol. The highest BCUT2D eigenvalue weighted by Crippen LogP contribution is 2.23. The van der Waals surface area contributed by atoms with E-state index in [4.69, 9.17) is 0 Å². The zero-order valence-corrected chi connectivity index (χ0v) is 10.7. The van der Waals surface area contributed by atoms with Crippen molar-refractivity contribution in [2.75, 3.05) is 18.9 Å². The van der Waals surface area contributed by atoms with Crippen LogP contribution in [0.4, 0.5) is 14.5 Å². The van der Waals surface area contributed by atoms with Crippen molar-refractivity contribution >= 4 is 11.6 Å². The van der Waals surface area contributed by atoms with Crippen LogP contribution in [-0.4, -0.2) is 24.4 Å². The Labute approximate surface area is 110 Å². The van der Waals surface area contributed by atoms with Gasteiger partial charge in [-0.3, -0.25) is 4.79 Å². The van der Waals surface area contributed by atoms with Crippen LogP contribution in [0.5, 0.6) is 0 Å². The average Bonchev–Trinajstić information content (AvgIpc) is 2.72. The molecule has 0 saturated heterocycles. The molecule has 1 aromatic rings. The average molecular weight is 264 g/mol. The van der Waals surface area contributed by atoms with Crippen LogP contribution in [0.1, 0.15) is 6.92 Å². The van der Waals surface area contributed by atoms with Gasteiger partial charge < -0.3 is 10.2 Å². The molecule has 19 heavy (non-hydrogen) atoms. The van der Waals surface area contributed by atoms with Crippen LogP contribution in [0.2, 0.25) is 0 Å². The lowest BCUT2D eigenvalue weighted by Gasteiger charge is -2.14. The first-order valence-electron chi connectivity index (χ1n) is 5.88. The molecule has 5 heteroatoms. The lowest BCUT2D eigenvalue weighted by molar-refractivity contribution is -0.124. The summed E-state index contributed by atoms with van der Waals surface area (Å²) >= 11 is 0. The number of hydrogen-bond donors (Lipinski definition) is 1. The molecule has 1 heterocycles. The standard InChI is InChI=1S/C14H14F2N2O/c1-3-11(9-7-8-18(2)14(9)19)17-12-6-4-5-10(15)13(12)16/h3-7,17H,8H2,1-2H3/b11-3+. The highest BCUT2D eigenvalue weighted by Gasteiger charge is 2.23. The second-order valence-corrected chi connectivity index (χ2v) is 4.23. The summed E-state index contributed by atoms with van der Waals surface area (Å²) in [5, 5.41) is 2.76. The van der Waals surface area contributed by atoms with Gasteiger partial charge in [-0.05, 0) is 19.1 Å². The Balaban J connectivity index is 2.26. The summed E-state index contributed by atoms with van der Waals surface area (Å²) in [6.45, 7) is 2.24. The number of amides is 1. The van der Waals surface area contributed by atoms with Gasteiger partial charge >= 0.3 is 0 Å². The topological polar surface area (TPSA) is 32.3 Å². The molecular formula is C14H14F2N2O. The van der Waals surface area contributed by atoms with Crippen LogP contribution in [0.3, 0.4) is 0 Å². The SMILES string of the molecule is C/C=C(/Nc1cccc(F)c1F)C1=CCN(C)C1=O. The van der Waals surface area contributed by atoms with Gasteiger partial charge in [0.1, 0.15) is 0 Å². The van der Waals surface area contributed by atoms with E-state index >= 15 is 0 Å². The Morgan fingerprint density at radius 1 is 1.42 bits per heavy atom. The fraction of sp³-hybridized carbons (Fsp3) is 0.214. The number of likely N-dealkylation sites (N-methyl/N-ethyl adjacent to an activating group) is 1. The van der Waals surface area contributed by atoms with E-state index in [1.165, 1.54) is 12.1 Å². The van der Waals surface area contributed by atoms with Crippen molar-refractivity contribution in [2.24, 2.45) is 0 Å². The molecule has 0 saturated carbocycles. The Hall–Kier alpha value is -2.17. The van der Waals surface area contributed by atoms with Gasteiger partial charge in [0.25, 0.3) is 5.91 Å². The molecule has 1 amide bonds. The maximum absolute atomic E-state index is 13.6. The number of benzene rings is 1. The third-order valence-corrected chi connectivity index (χ3v) is 2.95. The Bertz CT molecular complexity index is 579. The van der Waals surface area contributed by atoms with Crippen LogP contribution in [0, 0.1) is 11.6 Å². The highest BCUT2D eigenvalue weighted by molar-refractivity contribution is 6.00. The maximum Gasteiger partial charge on any atom is 0.255 e. The van der Waals surface area contributed by atoms with E-state index in [1.54, 1.807) is 31.0 Å². The van der Waals surface area contributed by atoms with Crippen molar-refractivity contribution in [2.45, 2.75) is 6.92 Å². The van der Waals surface area contributed by atoms with Crippen molar-refractivity contribution in [3.8, 4) is 0 Å². The second kappa shape index (κ2) is 5.22. The number of halogens is 2. The van der Waals surface area contributed by atoms with Crippen LogP contribution in [-0.2, 0) is 4.79 Å². The second-order valence-electron chi connectivity index (χ2n) is 4.23. The van der Waals surface area contributed by atoms with Gasteiger partial charge in [0.05, 0.1) is 11.3 Å². The van der Waals surface area contributed by atoms with Gasteiger partial charge in [0.2, 0.25) is 0 Å². The molecule has 0 bridgehead atoms. The van der Waals surface area contributed by atoms with E-state index in [1.807, 2.05) is 0 Å². The molecule has 0 atom stereocenters. The lowest BCUT2D eigenvalue weighted by Crippen LogP contribution is -2.23. The first kappa shape index (κ1) is 13.3. The first-order chi connectivity index (χ1) is 9.04. The Morgan fingerprint density at radius 2 is 2.16 bits per heavy atom. The summed E-state index contributed by atoms with van der Waals surface area (Å²) in [6.07, 6.45) is 3.41. The number of nitrogens with zero attached hydrogens (tertiary/aromatic N) is 1. The quantitative estimate of drug-likeness (QED) is 0.910. The molecule has 1 aromatic carbocycles. The van der Waals surface area contributed by atoms with Gasteiger partial charge in [0.15, 0.2) is 11.6 Å². The minimum Gasteiger partial charge on any atom is -0.353 e. The highest BCUT2D eigenvalue weighted by atomic mass is 19.2. The molecule has 0 fully saturated rings. The van der Waals surface area contributed by atoms with Crippen molar-refractivity contribution in [3.05, 3.63) is 53.3 Å². The number of nitrogens with one attached hydrogen (secondary N) is 1. The van der Waals surface area contributed by atoms with Crippen LogP contribution in [0.25, 0.3) is 0 Å². The van der Waals surface area contributed by atoms with Gasteiger partial charge in [-0.1, -0.05) is 18.2 Å². The molecule has 1 aliphatic heterocycles. The van der Waals surface area contributed by atoms with Gasteiger partial charge in [0, 0.05) is 19.3 Å². The molecule has 0 spiro atoms. The third kappa shape index (κ3) is 2.50. The zero-order chi connectivity index (χ0) is 14.0. The minimum atomic E-state index is -0.957. The number of hydrogen-bond acceptors (Lipinski definition) is 2. The summed E-state index contributed by atoms with van der Waals surface area (Å²) in [5.41, 5.74) is 0.948. The number of carbonyl (C=O) groups is 1. The predicted molar refractivity (Wildman–Crippen MR) is 69.5 cm³/mol. The van der Waals surface area contributed by atoms with E-state index in [-0.39, 0.29) is 11.6 Å². The van der Waals surface area contributed by atoms with Gasteiger partial charge in [-0.15, -0.1) is 0 Å². The van der Waals surface area contributed by atoms with E-state index < -0.39 is 11.6 Å². The normalized spacial score (nSPS) is 15.8. The Kier molecular flexibility index (Phi) is 3.64. The van der Waals surface area contributed by atoms with E-state index in [9.17, 15) is 13.6 Å². The molecule has 0 aromatic heterocycles. The zero-order valence-electron chi connectivity index (χ0n) is 10.7. The molecule has 3 nitrogen and oxygen atoms in total. The van der Waals surface area contributed by atoms with Crippen molar-refractivity contribution < 1.29 is 13.6 Å². The lowest BCUT2D eigenvalue weighted by atomic mass is 10.1. The predicted octanol–water partition coefficient (Wildman–Crippen LogP) is 2.68. The maximum atomic E-state index is 13.6. The summed E-state index contributed by atoms with van der Waals surface area (Å²) in [5.74, 6) is -2.03. The van der Waals surface area contributed by atoms with Crippen molar-refractivity contribution in [1.82, 2.24) is 4.90 Å². The molecule has 0 aliphatic carbocycles. The van der Waals surface area contributed by atoms with Gasteiger partial charge in [-0.2, -0.15) is 0 Å². The number of allylic oxidation sites excluding steroid dienone is 1. The molecule has 0 unspecified atom stereocenters. The monoisotopic (exact) mass is 264 g/mol. The smallest absolute Gasteiger partial charge is 0.255 e. The van der Waals surface area contributed by atoms with Crippen LogP contribution >= 0.6 is 0 Å². The molecule has 2 rings (SSSR count). The van der Waals surface area contributed by atoms with Crippen molar-refractivity contribution in [3.63, 3.8) is 0 Å². The van der Waals surface area contributed by atoms with Crippen molar-refractivity contribution in [1.29, 1.82) is 0 Å². The number of carbonyl (C=O) groups excluding carboxylic acids is 1. The Morgan fingerprint density at radius 3 is 2.74 bits per heavy atom. The largest absolute Gasteiger partial charge is 0.353 e. The molecule has 1 N–H and O–H groups in total. The van der Waals surface area contributed by atoms with Crippen LogP contribution < -0.4 is 5.32 Å². The fourth-order valence-corrected chi connectivity index (χ4v) is 1.87. The molecule has 1 aliphatic rings. The molecule has 0 radical (unpaired) electrons. The fourth-order valence-electron chi connectivity index (χ4n) is 1.87. The summed E-state index contributed by atoms with van der Waals surface area (Å²) in [7, 11) is 1.68. The first-order valence-corrected chi connectivity index (χ1v) is 5.88. The van der Waals surface area contributed by atoms with Gasteiger partial charge in [-0.25, -0.2) is 8.78 Å². The van der Waals surface area contributed by atoms with E-state index in [0.29, 0.717) is 17.8 Å². The number of rotatable bonds is 3. The van der Waals surface area contributed by atoms with E-state index in [2.05, 4.69) is 5.32 Å². The number of anilines is 1. The summed E-state index contributed by atoms with van der Waals surface area (Å²) in [6, 6.07) is 3.88. The van der Waals surface area contributed by atoms with Crippen LogP contribution in [0.15, 0.2) is 41.6 Å².